The normalized spacial score (nSPS) is 10.4. The number of carbonyl (C=O) groups is 2. The van der Waals surface area contributed by atoms with Crippen LogP contribution >= 0.6 is 11.8 Å². The zero-order chi connectivity index (χ0) is 18.2. The Kier molecular flexibility index (Phi) is 6.81. The molecule has 0 fully saturated rings. The Hall–Kier alpha value is -2.55. The Labute approximate surface area is 149 Å². The van der Waals surface area contributed by atoms with E-state index in [-0.39, 0.29) is 24.1 Å². The minimum Gasteiger partial charge on any atom is -0.494 e. The van der Waals surface area contributed by atoms with Gasteiger partial charge in [0.05, 0.1) is 18.9 Å². The van der Waals surface area contributed by atoms with Crippen molar-refractivity contribution in [3.63, 3.8) is 0 Å². The molecule has 0 aliphatic heterocycles. The van der Waals surface area contributed by atoms with Gasteiger partial charge >= 0.3 is 0 Å². The highest BCUT2D eigenvalue weighted by Crippen LogP contribution is 2.25. The summed E-state index contributed by atoms with van der Waals surface area (Å²) in [5.41, 5.74) is 0.769. The van der Waals surface area contributed by atoms with Gasteiger partial charge in [0.15, 0.2) is 0 Å². The molecule has 2 amide bonds. The first-order valence-corrected chi connectivity index (χ1v) is 8.66. The average molecular weight is 364 g/mol. The third-order valence-electron chi connectivity index (χ3n) is 3.22. The van der Waals surface area contributed by atoms with Crippen LogP contribution in [-0.4, -0.2) is 59.9 Å². The molecule has 134 valence electrons. The van der Waals surface area contributed by atoms with Gasteiger partial charge in [-0.3, -0.25) is 9.59 Å². The van der Waals surface area contributed by atoms with Crippen LogP contribution in [0, 0.1) is 0 Å². The molecule has 0 spiro atoms. The highest BCUT2D eigenvalue weighted by Gasteiger charge is 2.15. The number of carbonyl (C=O) groups excluding carboxylic acids is 2. The summed E-state index contributed by atoms with van der Waals surface area (Å²) in [7, 11) is 3.09. The molecular weight excluding hydrogens is 344 g/mol. The highest BCUT2D eigenvalue weighted by atomic mass is 32.2. The first-order chi connectivity index (χ1) is 12.0. The maximum atomic E-state index is 12.0. The monoisotopic (exact) mass is 364 g/mol. The van der Waals surface area contributed by atoms with Gasteiger partial charge in [-0.2, -0.15) is 0 Å². The quantitative estimate of drug-likeness (QED) is 0.708. The second kappa shape index (κ2) is 9.07. The largest absolute Gasteiger partial charge is 0.494 e. The Morgan fingerprint density at radius 1 is 1.28 bits per heavy atom. The molecule has 0 bridgehead atoms. The second-order valence-corrected chi connectivity index (χ2v) is 5.97. The Balaban J connectivity index is 1.90. The van der Waals surface area contributed by atoms with Crippen LogP contribution in [-0.2, 0) is 9.59 Å². The van der Waals surface area contributed by atoms with E-state index >= 15 is 0 Å². The Morgan fingerprint density at radius 3 is 2.64 bits per heavy atom. The summed E-state index contributed by atoms with van der Waals surface area (Å²) in [4.78, 5) is 24.6. The molecule has 1 heterocycles. The minimum absolute atomic E-state index is 0.0111. The van der Waals surface area contributed by atoms with Crippen LogP contribution in [0.1, 0.15) is 6.92 Å². The third-order valence-corrected chi connectivity index (χ3v) is 4.03. The number of amides is 2. The number of nitrogens with zero attached hydrogens (tertiary/aromatic N) is 3. The highest BCUT2D eigenvalue weighted by molar-refractivity contribution is 7.99. The van der Waals surface area contributed by atoms with E-state index in [9.17, 15) is 9.59 Å². The Morgan fingerprint density at radius 2 is 2.00 bits per heavy atom. The second-order valence-electron chi connectivity index (χ2n) is 5.04. The van der Waals surface area contributed by atoms with Gasteiger partial charge in [0.2, 0.25) is 17.7 Å². The first kappa shape index (κ1) is 18.8. The van der Waals surface area contributed by atoms with Crippen LogP contribution in [0.25, 0.3) is 11.5 Å². The summed E-state index contributed by atoms with van der Waals surface area (Å²) in [6, 6.07) is 7.31. The van der Waals surface area contributed by atoms with E-state index in [0.717, 1.165) is 23.1 Å². The summed E-state index contributed by atoms with van der Waals surface area (Å²) in [5, 5.41) is 10.7. The number of hydrogen-bond acceptors (Lipinski definition) is 7. The van der Waals surface area contributed by atoms with Crippen LogP contribution in [0.3, 0.4) is 0 Å². The van der Waals surface area contributed by atoms with E-state index in [4.69, 9.17) is 9.15 Å². The van der Waals surface area contributed by atoms with Gasteiger partial charge < -0.3 is 19.4 Å². The predicted molar refractivity (Wildman–Crippen MR) is 93.3 cm³/mol. The molecule has 0 saturated heterocycles. The lowest BCUT2D eigenvalue weighted by atomic mass is 10.2. The van der Waals surface area contributed by atoms with Crippen LogP contribution in [0.15, 0.2) is 33.9 Å². The van der Waals surface area contributed by atoms with Crippen LogP contribution in [0.2, 0.25) is 0 Å². The fourth-order valence-corrected chi connectivity index (χ4v) is 2.57. The molecular formula is C16H20N4O4S. The molecule has 1 N–H and O–H groups in total. The third kappa shape index (κ3) is 5.49. The number of thioether (sulfide) groups is 1. The van der Waals surface area contributed by atoms with E-state index in [0.29, 0.717) is 17.7 Å². The lowest BCUT2D eigenvalue weighted by molar-refractivity contribution is -0.132. The summed E-state index contributed by atoms with van der Waals surface area (Å²) in [6.45, 7) is 2.53. The van der Waals surface area contributed by atoms with Gasteiger partial charge in [-0.15, -0.1) is 10.2 Å². The predicted octanol–water partition coefficient (Wildman–Crippen LogP) is 1.43. The van der Waals surface area contributed by atoms with Crippen molar-refractivity contribution >= 4 is 23.6 Å². The summed E-state index contributed by atoms with van der Waals surface area (Å²) < 4.78 is 10.9. The van der Waals surface area contributed by atoms with Crippen LogP contribution < -0.4 is 10.1 Å². The van der Waals surface area contributed by atoms with Crippen LogP contribution in [0.5, 0.6) is 5.75 Å². The maximum absolute atomic E-state index is 12.0. The average Bonchev–Trinajstić information content (AvgIpc) is 3.09. The topological polar surface area (TPSA) is 97.6 Å². The fourth-order valence-electron chi connectivity index (χ4n) is 1.86. The molecule has 25 heavy (non-hydrogen) atoms. The molecule has 0 atom stereocenters. The lowest BCUT2D eigenvalue weighted by Gasteiger charge is -2.14. The van der Waals surface area contributed by atoms with E-state index < -0.39 is 0 Å². The lowest BCUT2D eigenvalue weighted by Crippen LogP contribution is -2.37. The molecule has 1 aromatic carbocycles. The van der Waals surface area contributed by atoms with Gasteiger partial charge in [0.25, 0.3) is 5.22 Å². The molecule has 0 radical (unpaired) electrons. The fraction of sp³-hybridized carbons (Fsp3) is 0.375. The molecule has 0 aliphatic carbocycles. The SMILES string of the molecule is CCOc1ccc(-c2nnc(SCC(=O)N(C)CC(=O)NC)o2)cc1. The van der Waals surface area contributed by atoms with Crippen LogP contribution in [0.4, 0.5) is 0 Å². The van der Waals surface area contributed by atoms with Crippen molar-refractivity contribution in [3.8, 4) is 17.2 Å². The number of ether oxygens (including phenoxy) is 1. The number of nitrogens with one attached hydrogen (secondary N) is 1. The van der Waals surface area contributed by atoms with Crippen molar-refractivity contribution in [2.45, 2.75) is 12.1 Å². The number of hydrogen-bond donors (Lipinski definition) is 1. The summed E-state index contributed by atoms with van der Waals surface area (Å²) >= 11 is 1.13. The van der Waals surface area contributed by atoms with Gasteiger partial charge in [-0.1, -0.05) is 11.8 Å². The smallest absolute Gasteiger partial charge is 0.277 e. The van der Waals surface area contributed by atoms with Gasteiger partial charge in [0, 0.05) is 19.7 Å². The van der Waals surface area contributed by atoms with Crippen molar-refractivity contribution in [1.29, 1.82) is 0 Å². The zero-order valence-electron chi connectivity index (χ0n) is 14.3. The minimum atomic E-state index is -0.226. The first-order valence-electron chi connectivity index (χ1n) is 7.67. The molecule has 2 rings (SSSR count). The van der Waals surface area contributed by atoms with Crippen molar-refractivity contribution < 1.29 is 18.7 Å². The van der Waals surface area contributed by atoms with E-state index in [1.807, 2.05) is 31.2 Å². The maximum Gasteiger partial charge on any atom is 0.277 e. The summed E-state index contributed by atoms with van der Waals surface area (Å²) in [6.07, 6.45) is 0. The van der Waals surface area contributed by atoms with Crippen molar-refractivity contribution in [2.24, 2.45) is 0 Å². The molecule has 9 heteroatoms. The molecule has 8 nitrogen and oxygen atoms in total. The molecule has 1 aromatic heterocycles. The van der Waals surface area contributed by atoms with Crippen molar-refractivity contribution in [2.75, 3.05) is 33.0 Å². The number of likely N-dealkylation sites (N-methyl/N-ethyl adjacent to an activating group) is 2. The van der Waals surface area contributed by atoms with Gasteiger partial charge in [-0.05, 0) is 31.2 Å². The van der Waals surface area contributed by atoms with E-state index in [2.05, 4.69) is 15.5 Å². The number of rotatable bonds is 8. The molecule has 0 unspecified atom stereocenters. The molecule has 0 saturated carbocycles. The van der Waals surface area contributed by atoms with E-state index in [1.165, 1.54) is 11.9 Å². The van der Waals surface area contributed by atoms with Crippen molar-refractivity contribution in [3.05, 3.63) is 24.3 Å². The van der Waals surface area contributed by atoms with Gasteiger partial charge in [0.1, 0.15) is 5.75 Å². The zero-order valence-corrected chi connectivity index (χ0v) is 15.1. The van der Waals surface area contributed by atoms with Crippen molar-refractivity contribution in [1.82, 2.24) is 20.4 Å². The Bertz CT molecular complexity index is 717. The molecule has 2 aromatic rings. The van der Waals surface area contributed by atoms with E-state index in [1.54, 1.807) is 7.05 Å². The number of aromatic nitrogens is 2. The number of benzene rings is 1. The molecule has 0 aliphatic rings. The van der Waals surface area contributed by atoms with Gasteiger partial charge in [-0.25, -0.2) is 0 Å². The summed E-state index contributed by atoms with van der Waals surface area (Å²) in [5.74, 6) is 0.825. The standard InChI is InChI=1S/C16H20N4O4S/c1-4-23-12-7-5-11(6-8-12)15-18-19-16(24-15)25-10-14(22)20(3)9-13(21)17-2/h5-8H,4,9-10H2,1-3H3,(H,17,21).